The van der Waals surface area contributed by atoms with Crippen LogP contribution in [0.25, 0.3) is 22.2 Å². The first-order valence-electron chi connectivity index (χ1n) is 8.04. The van der Waals surface area contributed by atoms with Gasteiger partial charge in [0.25, 0.3) is 0 Å². The molecule has 4 rings (SSSR count). The summed E-state index contributed by atoms with van der Waals surface area (Å²) in [6.07, 6.45) is 5.95. The molecule has 0 unspecified atom stereocenters. The van der Waals surface area contributed by atoms with Crippen LogP contribution in [-0.2, 0) is 0 Å². The van der Waals surface area contributed by atoms with Gasteiger partial charge < -0.3 is 10.3 Å². The van der Waals surface area contributed by atoms with Gasteiger partial charge in [-0.1, -0.05) is 12.1 Å². The van der Waals surface area contributed by atoms with Crippen molar-refractivity contribution in [2.45, 2.75) is 18.8 Å². The number of rotatable bonds is 2. The predicted octanol–water partition coefficient (Wildman–Crippen LogP) is 3.57. The van der Waals surface area contributed by atoms with E-state index in [-0.39, 0.29) is 0 Å². The number of piperidine rings is 1. The van der Waals surface area contributed by atoms with Crippen LogP contribution in [0.15, 0.2) is 42.7 Å². The van der Waals surface area contributed by atoms with Crippen molar-refractivity contribution in [3.8, 4) is 17.2 Å². The maximum atomic E-state index is 9.64. The lowest BCUT2D eigenvalue weighted by molar-refractivity contribution is 0.460. The highest BCUT2D eigenvalue weighted by atomic mass is 14.9. The standard InChI is InChI=1S/C19H18N4/c20-12-15-11-14(13-3-7-21-8-4-13)1-2-16(15)17-5-9-22-19-18(17)6-10-23-19/h1-2,5-6,9-11,13,21H,3-4,7-8H2,(H,22,23). The Morgan fingerprint density at radius 1 is 1.09 bits per heavy atom. The van der Waals surface area contributed by atoms with Crippen LogP contribution in [0.2, 0.25) is 0 Å². The van der Waals surface area contributed by atoms with Gasteiger partial charge in [0, 0.05) is 23.3 Å². The van der Waals surface area contributed by atoms with Crippen molar-refractivity contribution in [3.63, 3.8) is 0 Å². The third-order valence-electron chi connectivity index (χ3n) is 4.72. The molecule has 1 aromatic carbocycles. The van der Waals surface area contributed by atoms with Gasteiger partial charge in [-0.25, -0.2) is 4.98 Å². The van der Waals surface area contributed by atoms with Crippen LogP contribution in [0.4, 0.5) is 0 Å². The van der Waals surface area contributed by atoms with Gasteiger partial charge in [-0.2, -0.15) is 5.26 Å². The first-order chi connectivity index (χ1) is 11.4. The quantitative estimate of drug-likeness (QED) is 0.760. The fraction of sp³-hybridized carbons (Fsp3) is 0.263. The molecule has 23 heavy (non-hydrogen) atoms. The molecule has 0 radical (unpaired) electrons. The van der Waals surface area contributed by atoms with E-state index in [1.807, 2.05) is 18.3 Å². The number of aromatic amines is 1. The fourth-order valence-electron chi connectivity index (χ4n) is 3.49. The molecule has 3 aromatic rings. The number of fused-ring (bicyclic) bond motifs is 1. The summed E-state index contributed by atoms with van der Waals surface area (Å²) in [7, 11) is 0. The van der Waals surface area contributed by atoms with E-state index < -0.39 is 0 Å². The van der Waals surface area contributed by atoms with Gasteiger partial charge >= 0.3 is 0 Å². The molecule has 0 saturated carbocycles. The van der Waals surface area contributed by atoms with Crippen LogP contribution < -0.4 is 5.32 Å². The summed E-state index contributed by atoms with van der Waals surface area (Å²) in [5.74, 6) is 0.558. The smallest absolute Gasteiger partial charge is 0.137 e. The van der Waals surface area contributed by atoms with E-state index in [1.165, 1.54) is 5.56 Å². The van der Waals surface area contributed by atoms with Crippen molar-refractivity contribution in [1.29, 1.82) is 5.26 Å². The first kappa shape index (κ1) is 14.0. The number of nitrogens with one attached hydrogen (secondary N) is 2. The monoisotopic (exact) mass is 302 g/mol. The van der Waals surface area contributed by atoms with Gasteiger partial charge in [0.1, 0.15) is 5.65 Å². The zero-order chi connectivity index (χ0) is 15.6. The lowest BCUT2D eigenvalue weighted by Gasteiger charge is -2.23. The van der Waals surface area contributed by atoms with E-state index >= 15 is 0 Å². The minimum Gasteiger partial charge on any atom is -0.346 e. The molecule has 2 N–H and O–H groups in total. The number of nitriles is 1. The molecule has 0 atom stereocenters. The molecule has 1 fully saturated rings. The van der Waals surface area contributed by atoms with E-state index in [0.717, 1.165) is 53.7 Å². The fourth-order valence-corrected chi connectivity index (χ4v) is 3.49. The van der Waals surface area contributed by atoms with Crippen LogP contribution in [0, 0.1) is 11.3 Å². The Morgan fingerprint density at radius 2 is 1.96 bits per heavy atom. The largest absolute Gasteiger partial charge is 0.346 e. The Labute approximate surface area is 135 Å². The summed E-state index contributed by atoms with van der Waals surface area (Å²) in [5, 5.41) is 14.1. The second-order valence-electron chi connectivity index (χ2n) is 6.04. The third kappa shape index (κ3) is 2.49. The Morgan fingerprint density at radius 3 is 2.78 bits per heavy atom. The number of benzene rings is 1. The van der Waals surface area contributed by atoms with E-state index in [9.17, 15) is 5.26 Å². The van der Waals surface area contributed by atoms with Gasteiger partial charge in [-0.05, 0) is 61.2 Å². The third-order valence-corrected chi connectivity index (χ3v) is 4.72. The molecular weight excluding hydrogens is 284 g/mol. The summed E-state index contributed by atoms with van der Waals surface area (Å²) < 4.78 is 0. The summed E-state index contributed by atoms with van der Waals surface area (Å²) in [6.45, 7) is 2.12. The molecule has 1 aliphatic heterocycles. The zero-order valence-electron chi connectivity index (χ0n) is 12.8. The number of H-pyrrole nitrogens is 1. The van der Waals surface area contributed by atoms with E-state index in [0.29, 0.717) is 5.92 Å². The molecule has 114 valence electrons. The van der Waals surface area contributed by atoms with Crippen LogP contribution in [0.5, 0.6) is 0 Å². The first-order valence-corrected chi connectivity index (χ1v) is 8.04. The van der Waals surface area contributed by atoms with Crippen molar-refractivity contribution in [2.24, 2.45) is 0 Å². The number of hydrogen-bond donors (Lipinski definition) is 2. The molecule has 2 aromatic heterocycles. The maximum Gasteiger partial charge on any atom is 0.137 e. The summed E-state index contributed by atoms with van der Waals surface area (Å²) in [5.41, 5.74) is 4.93. The predicted molar refractivity (Wildman–Crippen MR) is 91.1 cm³/mol. The number of aromatic nitrogens is 2. The van der Waals surface area contributed by atoms with Crippen molar-refractivity contribution in [1.82, 2.24) is 15.3 Å². The number of hydrogen-bond acceptors (Lipinski definition) is 3. The highest BCUT2D eigenvalue weighted by Crippen LogP contribution is 2.33. The van der Waals surface area contributed by atoms with Crippen LogP contribution in [-0.4, -0.2) is 23.1 Å². The van der Waals surface area contributed by atoms with Gasteiger partial charge in [0.2, 0.25) is 0 Å². The highest BCUT2D eigenvalue weighted by Gasteiger charge is 2.17. The van der Waals surface area contributed by atoms with E-state index in [1.54, 1.807) is 6.20 Å². The molecule has 0 bridgehead atoms. The minimum absolute atomic E-state index is 0.558. The van der Waals surface area contributed by atoms with E-state index in [2.05, 4.69) is 39.6 Å². The molecule has 0 spiro atoms. The van der Waals surface area contributed by atoms with Crippen molar-refractivity contribution in [3.05, 3.63) is 53.9 Å². The Balaban J connectivity index is 1.80. The Bertz CT molecular complexity index is 882. The average Bonchev–Trinajstić information content (AvgIpc) is 3.11. The SMILES string of the molecule is N#Cc1cc(C2CCNCC2)ccc1-c1ccnc2[nH]ccc12. The molecule has 4 heteroatoms. The molecule has 1 aliphatic rings. The molecule has 0 aliphatic carbocycles. The summed E-state index contributed by atoms with van der Waals surface area (Å²) in [6, 6.07) is 12.7. The average molecular weight is 302 g/mol. The number of nitrogens with zero attached hydrogens (tertiary/aromatic N) is 2. The van der Waals surface area contributed by atoms with Crippen molar-refractivity contribution < 1.29 is 0 Å². The zero-order valence-corrected chi connectivity index (χ0v) is 12.8. The molecule has 4 nitrogen and oxygen atoms in total. The Hall–Kier alpha value is -2.64. The van der Waals surface area contributed by atoms with Crippen LogP contribution in [0.3, 0.4) is 0 Å². The lowest BCUT2D eigenvalue weighted by Crippen LogP contribution is -2.26. The molecular formula is C19H18N4. The van der Waals surface area contributed by atoms with Crippen molar-refractivity contribution in [2.75, 3.05) is 13.1 Å². The lowest BCUT2D eigenvalue weighted by atomic mass is 9.87. The van der Waals surface area contributed by atoms with Crippen LogP contribution >= 0.6 is 0 Å². The number of pyridine rings is 1. The summed E-state index contributed by atoms with van der Waals surface area (Å²) in [4.78, 5) is 7.46. The maximum absolute atomic E-state index is 9.64. The minimum atomic E-state index is 0.558. The van der Waals surface area contributed by atoms with E-state index in [4.69, 9.17) is 0 Å². The Kier molecular flexibility index (Phi) is 3.57. The molecule has 3 heterocycles. The van der Waals surface area contributed by atoms with Gasteiger partial charge in [-0.15, -0.1) is 0 Å². The normalized spacial score (nSPS) is 15.6. The summed E-state index contributed by atoms with van der Waals surface area (Å²) >= 11 is 0. The molecule has 0 amide bonds. The van der Waals surface area contributed by atoms with Gasteiger partial charge in [0.15, 0.2) is 0 Å². The highest BCUT2D eigenvalue weighted by molar-refractivity contribution is 5.94. The van der Waals surface area contributed by atoms with Gasteiger partial charge in [-0.3, -0.25) is 0 Å². The molecule has 1 saturated heterocycles. The second kappa shape index (κ2) is 5.86. The van der Waals surface area contributed by atoms with Crippen molar-refractivity contribution >= 4 is 11.0 Å². The van der Waals surface area contributed by atoms with Gasteiger partial charge in [0.05, 0.1) is 11.6 Å². The second-order valence-corrected chi connectivity index (χ2v) is 6.04. The topological polar surface area (TPSA) is 64.5 Å². The van der Waals surface area contributed by atoms with Crippen LogP contribution in [0.1, 0.15) is 29.9 Å².